The van der Waals surface area contributed by atoms with Crippen molar-refractivity contribution in [2.45, 2.75) is 59.3 Å². The Morgan fingerprint density at radius 3 is 0.864 bits per heavy atom. The topological polar surface area (TPSA) is 198 Å². The van der Waals surface area contributed by atoms with Gasteiger partial charge in [0.25, 0.3) is 0 Å². The molecule has 1 aliphatic carbocycles. The van der Waals surface area contributed by atoms with Crippen LogP contribution in [0.3, 0.4) is 0 Å². The third kappa shape index (κ3) is 69.0. The van der Waals surface area contributed by atoms with Crippen LogP contribution in [0.25, 0.3) is 0 Å². The molecular weight excluding hydrogens is 779 g/mol. The summed E-state index contributed by atoms with van der Waals surface area (Å²) >= 11 is 0. The van der Waals surface area contributed by atoms with E-state index in [4.69, 9.17) is 22.9 Å². The standard InChI is InChI=1S/3C6H13O4P.C5H5.2CO.Co.Rh/c3*1-6(7)4-3-5-10-11(8)9-2;1-2-4-5-3-1;2*1-2;;/h3*11H,3-5H2,1-2H3;1-5H;;;;. The van der Waals surface area contributed by atoms with Gasteiger partial charge in [0, 0.05) is 76.8 Å². The van der Waals surface area contributed by atoms with Gasteiger partial charge in [0.2, 0.25) is 0 Å². The molecule has 0 N–H and O–H groups in total. The smallest absolute Gasteiger partial charge is 0 e. The molecule has 1 rings (SSSR count). The molecule has 44 heavy (non-hydrogen) atoms. The summed E-state index contributed by atoms with van der Waals surface area (Å²) in [5.41, 5.74) is 0. The first-order chi connectivity index (χ1) is 20.0. The maximum absolute atomic E-state index is 10.5. The van der Waals surface area contributed by atoms with Crippen molar-refractivity contribution in [1.29, 1.82) is 0 Å². The van der Waals surface area contributed by atoms with Gasteiger partial charge in [-0.2, -0.15) is 0 Å². The van der Waals surface area contributed by atoms with Crippen LogP contribution in [0.1, 0.15) is 59.3 Å². The number of hydrogen-bond donors (Lipinski definition) is 0. The van der Waals surface area contributed by atoms with Crippen molar-refractivity contribution in [2.75, 3.05) is 41.2 Å². The quantitative estimate of drug-likeness (QED) is 0.0579. The number of Topliss-reactive ketones (excluding diaryl/α,β-unsaturated/α-hetero) is 3. The minimum Gasteiger partial charge on any atom is -0.0312 e. The molecule has 0 saturated heterocycles. The first-order valence-electron chi connectivity index (χ1n) is 12.2. The number of carbonyl (C=O) groups excluding carboxylic acids is 3. The Kier molecular flexibility index (Phi) is 71.1. The molecule has 0 bridgehead atoms. The van der Waals surface area contributed by atoms with Crippen molar-refractivity contribution in [1.82, 2.24) is 0 Å². The van der Waals surface area contributed by atoms with Crippen molar-refractivity contribution in [2.24, 2.45) is 0 Å². The molecule has 261 valence electrons. The van der Waals surface area contributed by atoms with Gasteiger partial charge in [-0.15, -0.1) is 0 Å². The molecule has 0 amide bonds. The Morgan fingerprint density at radius 2 is 0.727 bits per heavy atom. The van der Waals surface area contributed by atoms with Gasteiger partial charge in [0.1, 0.15) is 17.3 Å². The van der Waals surface area contributed by atoms with Crippen LogP contribution in [0.4, 0.5) is 0 Å². The van der Waals surface area contributed by atoms with Crippen LogP contribution in [0.2, 0.25) is 0 Å². The van der Waals surface area contributed by atoms with E-state index in [2.05, 4.69) is 26.9 Å². The van der Waals surface area contributed by atoms with Crippen molar-refractivity contribution in [3.05, 3.63) is 45.4 Å². The maximum Gasteiger partial charge on any atom is 0 e. The zero-order valence-electron chi connectivity index (χ0n) is 25.6. The van der Waals surface area contributed by atoms with Crippen molar-refractivity contribution >= 4 is 42.1 Å². The van der Waals surface area contributed by atoms with E-state index in [9.17, 15) is 28.1 Å². The number of ketones is 3. The van der Waals surface area contributed by atoms with Gasteiger partial charge in [-0.05, 0) is 72.1 Å². The number of hydrogen-bond acceptors (Lipinski definition) is 12. The molecule has 0 aromatic rings. The zero-order chi connectivity index (χ0) is 33.6. The van der Waals surface area contributed by atoms with E-state index in [0.717, 1.165) is 0 Å². The summed E-state index contributed by atoms with van der Waals surface area (Å²) in [5.74, 6) is 0.349. The Morgan fingerprint density at radius 1 is 0.545 bits per heavy atom. The van der Waals surface area contributed by atoms with E-state index in [1.807, 2.05) is 32.1 Å². The summed E-state index contributed by atoms with van der Waals surface area (Å²) in [6, 6.07) is 0. The molecule has 1 saturated carbocycles. The average Bonchev–Trinajstić information content (AvgIpc) is 3.58. The van der Waals surface area contributed by atoms with Crippen LogP contribution >= 0.6 is 24.8 Å². The largest absolute Gasteiger partial charge is 0.0312 e. The first-order valence-corrected chi connectivity index (χ1v) is 15.9. The summed E-state index contributed by atoms with van der Waals surface area (Å²) in [6.07, 6.45) is 13.2. The molecule has 0 aliphatic heterocycles. The van der Waals surface area contributed by atoms with Crippen LogP contribution in [-0.4, -0.2) is 58.5 Å². The Balaban J connectivity index is -0.0000000803. The van der Waals surface area contributed by atoms with Crippen LogP contribution in [0.5, 0.6) is 0 Å². The van der Waals surface area contributed by atoms with Crippen LogP contribution in [0.15, 0.2) is 0 Å². The summed E-state index contributed by atoms with van der Waals surface area (Å²) in [4.78, 5) is 31.2. The van der Waals surface area contributed by atoms with Gasteiger partial charge >= 0.3 is 47.4 Å². The van der Waals surface area contributed by atoms with E-state index in [-0.39, 0.29) is 53.6 Å². The summed E-state index contributed by atoms with van der Waals surface area (Å²) in [6.45, 7) is 14.5. The minimum absolute atomic E-state index is 0. The first kappa shape index (κ1) is 59.5. The number of rotatable bonds is 18. The number of carbonyl (C=O) groups is 3. The molecular formula is C25H44CoO14P3Rh. The van der Waals surface area contributed by atoms with Crippen molar-refractivity contribution in [3.63, 3.8) is 0 Å². The van der Waals surface area contributed by atoms with E-state index < -0.39 is 24.8 Å². The Bertz CT molecular complexity index is 672. The minimum atomic E-state index is -2.29. The van der Waals surface area contributed by atoms with Gasteiger partial charge in [0.05, 0.1) is 19.8 Å². The van der Waals surface area contributed by atoms with E-state index in [1.165, 1.54) is 42.1 Å². The van der Waals surface area contributed by atoms with Gasteiger partial charge in [0.15, 0.2) is 0 Å². The Hall–Kier alpha value is 0.0699. The second-order valence-corrected chi connectivity index (χ2v) is 10.9. The van der Waals surface area contributed by atoms with Crippen LogP contribution in [-0.2, 0) is 101 Å². The third-order valence-electron chi connectivity index (χ3n) is 3.73. The predicted octanol–water partition coefficient (Wildman–Crippen LogP) is 5.17. The van der Waals surface area contributed by atoms with Gasteiger partial charge in [-0.25, -0.2) is 0 Å². The molecule has 3 unspecified atom stereocenters. The predicted molar refractivity (Wildman–Crippen MR) is 155 cm³/mol. The van der Waals surface area contributed by atoms with E-state index in [0.29, 0.717) is 58.3 Å². The molecule has 7 radical (unpaired) electrons. The van der Waals surface area contributed by atoms with Crippen molar-refractivity contribution in [3.8, 4) is 0 Å². The third-order valence-corrected chi connectivity index (χ3v) is 6.05. The molecule has 1 fully saturated rings. The second kappa shape index (κ2) is 52.6. The van der Waals surface area contributed by atoms with Crippen LogP contribution in [0, 0.1) is 45.4 Å². The average molecular weight is 823 g/mol. The molecule has 14 nitrogen and oxygen atoms in total. The van der Waals surface area contributed by atoms with Gasteiger partial charge in [-0.1, -0.05) is 0 Å². The fraction of sp³-hybridized carbons (Fsp3) is 0.600. The molecule has 0 aromatic carbocycles. The van der Waals surface area contributed by atoms with Crippen LogP contribution < -0.4 is 0 Å². The molecule has 19 heteroatoms. The second-order valence-electron chi connectivity index (χ2n) is 7.29. The maximum atomic E-state index is 10.5. The zero-order valence-corrected chi connectivity index (χ0v) is 31.3. The van der Waals surface area contributed by atoms with Crippen molar-refractivity contribution < 1.29 is 101 Å². The fourth-order valence-electron chi connectivity index (χ4n) is 1.93. The van der Waals surface area contributed by atoms with E-state index in [1.54, 1.807) is 0 Å². The van der Waals surface area contributed by atoms with E-state index >= 15 is 0 Å². The molecule has 1 aliphatic rings. The molecule has 0 heterocycles. The molecule has 3 atom stereocenters. The summed E-state index contributed by atoms with van der Waals surface area (Å²) in [5, 5.41) is 0. The summed E-state index contributed by atoms with van der Waals surface area (Å²) < 4.78 is 73.9. The molecule has 0 aromatic heterocycles. The normalized spacial score (nSPS) is 12.5. The fourth-order valence-corrected chi connectivity index (χ4v) is 3.21. The summed E-state index contributed by atoms with van der Waals surface area (Å²) in [7, 11) is -2.89. The monoisotopic (exact) mass is 823 g/mol. The molecule has 0 spiro atoms. The van der Waals surface area contributed by atoms with Gasteiger partial charge in [-0.3, -0.25) is 13.7 Å². The SMILES string of the molecule is CO[PH](=O)OCCCC(C)=O.CO[PH](=O)OCCCC(C)=O.CO[PH](=O)OCCCC(C)=O.[C-]#[O+].[C-]#[O+].[CH]1[CH][CH][CH][CH]1.[Co].[Rh]. The Labute approximate surface area is 287 Å². The van der Waals surface area contributed by atoms with Gasteiger partial charge < -0.3 is 41.5 Å².